The van der Waals surface area contributed by atoms with Gasteiger partial charge in [-0.3, -0.25) is 0 Å². The molecule has 1 aromatic carbocycles. The number of sulfonamides is 1. The molecule has 0 amide bonds. The van der Waals surface area contributed by atoms with E-state index >= 15 is 0 Å². The minimum absolute atomic E-state index is 0. The maximum atomic E-state index is 13.6. The number of nitrogens with one attached hydrogen (secondary N) is 2. The van der Waals surface area contributed by atoms with Gasteiger partial charge in [-0.05, 0) is 50.9 Å². The van der Waals surface area contributed by atoms with Crippen LogP contribution in [0.25, 0.3) is 0 Å². The number of benzene rings is 1. The minimum atomic E-state index is -3.98. The van der Waals surface area contributed by atoms with Crippen LogP contribution in [0, 0.1) is 17.6 Å². The Hall–Kier alpha value is -0.760. The number of hydrogen-bond donors (Lipinski definition) is 2. The van der Waals surface area contributed by atoms with Gasteiger partial charge in [0, 0.05) is 12.1 Å². The van der Waals surface area contributed by atoms with Crippen molar-refractivity contribution < 1.29 is 17.2 Å². The van der Waals surface area contributed by atoms with Crippen LogP contribution in [0.5, 0.6) is 0 Å². The van der Waals surface area contributed by atoms with Crippen LogP contribution in [0.2, 0.25) is 0 Å². The van der Waals surface area contributed by atoms with Gasteiger partial charge in [-0.15, -0.1) is 12.4 Å². The molecular weight excluding hydrogens is 322 g/mol. The summed E-state index contributed by atoms with van der Waals surface area (Å²) in [4.78, 5) is -0.519. The van der Waals surface area contributed by atoms with E-state index in [4.69, 9.17) is 0 Å². The maximum absolute atomic E-state index is 13.6. The average Bonchev–Trinajstić information content (AvgIpc) is 2.38. The van der Waals surface area contributed by atoms with Crippen LogP contribution in [0.1, 0.15) is 19.8 Å². The van der Waals surface area contributed by atoms with Crippen LogP contribution in [0.4, 0.5) is 8.78 Å². The third kappa shape index (κ3) is 4.60. The maximum Gasteiger partial charge on any atom is 0.243 e. The van der Waals surface area contributed by atoms with E-state index in [1.54, 1.807) is 6.92 Å². The van der Waals surface area contributed by atoms with E-state index in [1.165, 1.54) is 0 Å². The third-order valence-electron chi connectivity index (χ3n) is 3.57. The summed E-state index contributed by atoms with van der Waals surface area (Å²) >= 11 is 0. The fourth-order valence-electron chi connectivity index (χ4n) is 2.40. The largest absolute Gasteiger partial charge is 0.316 e. The van der Waals surface area contributed by atoms with Gasteiger partial charge in [0.1, 0.15) is 16.5 Å². The SMILES string of the molecule is CC(NS(=O)(=O)c1ccc(F)cc1F)C1CCCNC1.Cl. The molecule has 8 heteroatoms. The highest BCUT2D eigenvalue weighted by Crippen LogP contribution is 2.19. The summed E-state index contributed by atoms with van der Waals surface area (Å²) in [5.41, 5.74) is 0. The molecule has 1 aromatic rings. The van der Waals surface area contributed by atoms with Crippen molar-refractivity contribution in [2.75, 3.05) is 13.1 Å². The smallest absolute Gasteiger partial charge is 0.243 e. The van der Waals surface area contributed by atoms with Crippen molar-refractivity contribution in [3.63, 3.8) is 0 Å². The lowest BCUT2D eigenvalue weighted by atomic mass is 9.94. The normalized spacial score (nSPS) is 20.6. The molecule has 120 valence electrons. The molecule has 0 saturated carbocycles. The minimum Gasteiger partial charge on any atom is -0.316 e. The molecule has 0 bridgehead atoms. The summed E-state index contributed by atoms with van der Waals surface area (Å²) in [7, 11) is -3.98. The van der Waals surface area contributed by atoms with Gasteiger partial charge in [-0.25, -0.2) is 21.9 Å². The number of halogens is 3. The summed E-state index contributed by atoms with van der Waals surface area (Å²) in [6.45, 7) is 3.43. The Morgan fingerprint density at radius 3 is 2.67 bits per heavy atom. The van der Waals surface area contributed by atoms with Crippen molar-refractivity contribution in [3.05, 3.63) is 29.8 Å². The van der Waals surface area contributed by atoms with Crippen LogP contribution in [0.15, 0.2) is 23.1 Å². The highest BCUT2D eigenvalue weighted by molar-refractivity contribution is 7.89. The van der Waals surface area contributed by atoms with E-state index in [2.05, 4.69) is 10.0 Å². The van der Waals surface area contributed by atoms with E-state index in [9.17, 15) is 17.2 Å². The second-order valence-corrected chi connectivity index (χ2v) is 6.77. The predicted molar refractivity (Wildman–Crippen MR) is 79.0 cm³/mol. The van der Waals surface area contributed by atoms with Gasteiger partial charge in [0.05, 0.1) is 0 Å². The zero-order valence-electron chi connectivity index (χ0n) is 11.6. The second kappa shape index (κ2) is 7.49. The Balaban J connectivity index is 0.00000220. The first-order valence-electron chi connectivity index (χ1n) is 6.58. The first-order chi connectivity index (χ1) is 9.40. The molecule has 0 spiro atoms. The van der Waals surface area contributed by atoms with Crippen molar-refractivity contribution in [1.82, 2.24) is 10.0 Å². The van der Waals surface area contributed by atoms with Crippen molar-refractivity contribution in [3.8, 4) is 0 Å². The molecular formula is C13H19ClF2N2O2S. The average molecular weight is 341 g/mol. The van der Waals surface area contributed by atoms with Crippen molar-refractivity contribution in [2.24, 2.45) is 5.92 Å². The Bertz CT molecular complexity index is 578. The quantitative estimate of drug-likeness (QED) is 0.882. The van der Waals surface area contributed by atoms with Crippen LogP contribution < -0.4 is 10.0 Å². The molecule has 0 aromatic heterocycles. The molecule has 1 aliphatic rings. The number of hydrogen-bond acceptors (Lipinski definition) is 3. The standard InChI is InChI=1S/C13H18F2N2O2S.ClH/c1-9(10-3-2-6-16-8-10)17-20(18,19)13-5-4-11(14)7-12(13)15;/h4-5,7,9-10,16-17H,2-3,6,8H2,1H3;1H. The molecule has 1 saturated heterocycles. The van der Waals surface area contributed by atoms with Crippen LogP contribution in [-0.2, 0) is 10.0 Å². The monoisotopic (exact) mass is 340 g/mol. The molecule has 2 unspecified atom stereocenters. The van der Waals surface area contributed by atoms with Gasteiger partial charge in [0.25, 0.3) is 0 Å². The first kappa shape index (κ1) is 18.3. The van der Waals surface area contributed by atoms with Gasteiger partial charge in [0.15, 0.2) is 0 Å². The molecule has 0 aliphatic carbocycles. The molecule has 0 radical (unpaired) electrons. The van der Waals surface area contributed by atoms with Crippen LogP contribution >= 0.6 is 12.4 Å². The van der Waals surface area contributed by atoms with Gasteiger partial charge in [-0.1, -0.05) is 0 Å². The van der Waals surface area contributed by atoms with Crippen LogP contribution in [0.3, 0.4) is 0 Å². The fraction of sp³-hybridized carbons (Fsp3) is 0.538. The van der Waals surface area contributed by atoms with Crippen molar-refractivity contribution in [1.29, 1.82) is 0 Å². The van der Waals surface area contributed by atoms with E-state index in [1.807, 2.05) is 0 Å². The lowest BCUT2D eigenvalue weighted by Gasteiger charge is -2.28. The lowest BCUT2D eigenvalue weighted by Crippen LogP contribution is -2.44. The zero-order valence-corrected chi connectivity index (χ0v) is 13.2. The Labute approximate surface area is 129 Å². The molecule has 21 heavy (non-hydrogen) atoms. The predicted octanol–water partition coefficient (Wildman–Crippen LogP) is 2.05. The fourth-order valence-corrected chi connectivity index (χ4v) is 3.77. The third-order valence-corrected chi connectivity index (χ3v) is 5.16. The van der Waals surface area contributed by atoms with Gasteiger partial charge in [-0.2, -0.15) is 0 Å². The van der Waals surface area contributed by atoms with Gasteiger partial charge >= 0.3 is 0 Å². The summed E-state index contributed by atoms with van der Waals surface area (Å²) in [5, 5.41) is 3.20. The topological polar surface area (TPSA) is 58.2 Å². The van der Waals surface area contributed by atoms with E-state index in [-0.39, 0.29) is 24.4 Å². The van der Waals surface area contributed by atoms with Gasteiger partial charge in [0.2, 0.25) is 10.0 Å². The zero-order chi connectivity index (χ0) is 14.8. The lowest BCUT2D eigenvalue weighted by molar-refractivity contribution is 0.320. The number of piperidine rings is 1. The molecule has 1 fully saturated rings. The van der Waals surface area contributed by atoms with E-state index in [0.717, 1.165) is 38.1 Å². The molecule has 2 N–H and O–H groups in total. The van der Waals surface area contributed by atoms with Crippen molar-refractivity contribution >= 4 is 22.4 Å². The second-order valence-electron chi connectivity index (χ2n) is 5.09. The Morgan fingerprint density at radius 1 is 1.38 bits per heavy atom. The molecule has 1 heterocycles. The van der Waals surface area contributed by atoms with E-state index < -0.39 is 26.6 Å². The highest BCUT2D eigenvalue weighted by Gasteiger charge is 2.26. The number of rotatable bonds is 4. The van der Waals surface area contributed by atoms with Crippen molar-refractivity contribution in [2.45, 2.75) is 30.7 Å². The Kier molecular flexibility index (Phi) is 6.52. The summed E-state index contributed by atoms with van der Waals surface area (Å²) in [6.07, 6.45) is 1.91. The first-order valence-corrected chi connectivity index (χ1v) is 8.06. The molecule has 1 aliphatic heterocycles. The molecule has 4 nitrogen and oxygen atoms in total. The summed E-state index contributed by atoms with van der Waals surface area (Å²) < 4.78 is 53.1. The van der Waals surface area contributed by atoms with Crippen LogP contribution in [-0.4, -0.2) is 27.5 Å². The highest BCUT2D eigenvalue weighted by atomic mass is 35.5. The Morgan fingerprint density at radius 2 is 2.10 bits per heavy atom. The summed E-state index contributed by atoms with van der Waals surface area (Å²) in [6, 6.07) is 2.14. The van der Waals surface area contributed by atoms with E-state index in [0.29, 0.717) is 6.07 Å². The van der Waals surface area contributed by atoms with Gasteiger partial charge < -0.3 is 5.32 Å². The molecule has 2 rings (SSSR count). The summed E-state index contributed by atoms with van der Waals surface area (Å²) in [5.74, 6) is -1.71. The molecule has 2 atom stereocenters.